The van der Waals surface area contributed by atoms with Gasteiger partial charge in [0.15, 0.2) is 5.78 Å². The Hall–Kier alpha value is -2.55. The van der Waals surface area contributed by atoms with Gasteiger partial charge in [-0.3, -0.25) is 9.59 Å². The molecule has 0 aromatic heterocycles. The van der Waals surface area contributed by atoms with Crippen LogP contribution in [0.1, 0.15) is 13.3 Å². The summed E-state index contributed by atoms with van der Waals surface area (Å²) in [6.07, 6.45) is 1.22. The highest BCUT2D eigenvalue weighted by molar-refractivity contribution is 6.50. The van der Waals surface area contributed by atoms with Crippen molar-refractivity contribution in [3.05, 3.63) is 36.0 Å². The summed E-state index contributed by atoms with van der Waals surface area (Å²) in [6, 6.07) is 7.04. The largest absolute Gasteiger partial charge is 0.395 e. The predicted molar refractivity (Wildman–Crippen MR) is 107 cm³/mol. The maximum atomic E-state index is 12.4. The van der Waals surface area contributed by atoms with Gasteiger partial charge in [-0.1, -0.05) is 0 Å². The van der Waals surface area contributed by atoms with Crippen molar-refractivity contribution >= 4 is 28.7 Å². The van der Waals surface area contributed by atoms with Gasteiger partial charge in [-0.05, 0) is 31.2 Å². The molecule has 1 aliphatic rings. The Bertz CT molecular complexity index is 737. The minimum atomic E-state index is -0.308. The first-order valence-electron chi connectivity index (χ1n) is 9.33. The van der Waals surface area contributed by atoms with Crippen LogP contribution in [0.15, 0.2) is 41.0 Å². The number of aliphatic imine (C=N–C) groups is 1. The zero-order valence-electron chi connectivity index (χ0n) is 16.0. The molecular formula is C20H27N3O5. The number of aliphatic hydroxyl groups is 3. The molecule has 0 unspecified atom stereocenters. The number of Topliss-reactive ketones (excluding diaryl/α,β-unsaturated/α-hetero) is 1. The van der Waals surface area contributed by atoms with E-state index < -0.39 is 0 Å². The number of hydrogen-bond acceptors (Lipinski definition) is 8. The number of nitrogens with zero attached hydrogens (tertiary/aromatic N) is 3. The Morgan fingerprint density at radius 2 is 1.50 bits per heavy atom. The molecule has 0 bridgehead atoms. The molecule has 8 heteroatoms. The van der Waals surface area contributed by atoms with Crippen LogP contribution in [0.2, 0.25) is 0 Å². The number of benzene rings is 1. The van der Waals surface area contributed by atoms with E-state index in [1.54, 1.807) is 29.2 Å². The molecule has 0 amide bonds. The van der Waals surface area contributed by atoms with Crippen molar-refractivity contribution in [1.29, 1.82) is 0 Å². The van der Waals surface area contributed by atoms with E-state index in [2.05, 4.69) is 4.99 Å². The first kappa shape index (κ1) is 21.7. The Morgan fingerprint density at radius 3 is 2.04 bits per heavy atom. The fourth-order valence-corrected chi connectivity index (χ4v) is 3.05. The summed E-state index contributed by atoms with van der Waals surface area (Å²) in [5.74, 6) is -0.500. The molecule has 0 radical (unpaired) electrons. The SMILES string of the molecule is CCN(CCO)C1=CC(=O)C(=Nc2ccc(N(CCO)CCO)cc2)CC1=O. The standard InChI is InChI=1S/C20H27N3O5/c1-2-22(7-10-24)18-14-19(27)17(13-20(18)28)21-15-3-5-16(6-4-15)23(8-11-25)9-12-26/h3-6,14,24-26H,2,7-13H2,1H3. The van der Waals surface area contributed by atoms with E-state index in [0.717, 1.165) is 5.69 Å². The molecule has 152 valence electrons. The fourth-order valence-electron chi connectivity index (χ4n) is 3.05. The summed E-state index contributed by atoms with van der Waals surface area (Å²) < 4.78 is 0. The quantitative estimate of drug-likeness (QED) is 0.527. The van der Waals surface area contributed by atoms with E-state index in [1.807, 2.05) is 11.8 Å². The Balaban J connectivity index is 2.18. The normalized spacial score (nSPS) is 15.7. The van der Waals surface area contributed by atoms with Crippen LogP contribution in [-0.2, 0) is 9.59 Å². The van der Waals surface area contributed by atoms with Gasteiger partial charge in [0.25, 0.3) is 0 Å². The maximum absolute atomic E-state index is 12.4. The number of carbonyl (C=O) groups is 2. The Kier molecular flexibility index (Phi) is 8.31. The zero-order chi connectivity index (χ0) is 20.5. The molecule has 0 fully saturated rings. The highest BCUT2D eigenvalue weighted by Gasteiger charge is 2.27. The van der Waals surface area contributed by atoms with E-state index in [4.69, 9.17) is 15.3 Å². The molecule has 1 aromatic rings. The van der Waals surface area contributed by atoms with Gasteiger partial charge in [0.1, 0.15) is 0 Å². The molecule has 0 spiro atoms. The summed E-state index contributed by atoms with van der Waals surface area (Å²) in [5, 5.41) is 27.4. The van der Waals surface area contributed by atoms with Gasteiger partial charge in [0, 0.05) is 37.9 Å². The average molecular weight is 389 g/mol. The van der Waals surface area contributed by atoms with E-state index in [9.17, 15) is 9.59 Å². The topological polar surface area (TPSA) is 114 Å². The van der Waals surface area contributed by atoms with Crippen molar-refractivity contribution in [2.24, 2.45) is 4.99 Å². The molecule has 0 heterocycles. The molecule has 3 N–H and O–H groups in total. The molecule has 1 aromatic carbocycles. The number of ketones is 2. The lowest BCUT2D eigenvalue weighted by molar-refractivity contribution is -0.118. The lowest BCUT2D eigenvalue weighted by Crippen LogP contribution is -2.35. The molecule has 0 saturated heterocycles. The Labute approximate surface area is 164 Å². The fraction of sp³-hybridized carbons (Fsp3) is 0.450. The van der Waals surface area contributed by atoms with Crippen molar-refractivity contribution in [1.82, 2.24) is 4.90 Å². The average Bonchev–Trinajstić information content (AvgIpc) is 2.69. The van der Waals surface area contributed by atoms with Gasteiger partial charge in [0.05, 0.1) is 43.3 Å². The summed E-state index contributed by atoms with van der Waals surface area (Å²) in [7, 11) is 0. The van der Waals surface area contributed by atoms with Gasteiger partial charge in [-0.15, -0.1) is 0 Å². The van der Waals surface area contributed by atoms with Crippen LogP contribution in [0.3, 0.4) is 0 Å². The maximum Gasteiger partial charge on any atom is 0.202 e. The van der Waals surface area contributed by atoms with Crippen LogP contribution in [-0.4, -0.2) is 83.5 Å². The van der Waals surface area contributed by atoms with E-state index >= 15 is 0 Å². The molecule has 2 rings (SSSR count). The van der Waals surface area contributed by atoms with Crippen molar-refractivity contribution in [2.75, 3.05) is 50.9 Å². The van der Waals surface area contributed by atoms with Crippen LogP contribution >= 0.6 is 0 Å². The first-order valence-corrected chi connectivity index (χ1v) is 9.33. The number of likely N-dealkylation sites (N-methyl/N-ethyl adjacent to an activating group) is 1. The van der Waals surface area contributed by atoms with Gasteiger partial charge in [-0.2, -0.15) is 0 Å². The third-order valence-corrected chi connectivity index (χ3v) is 4.48. The number of carbonyl (C=O) groups excluding carboxylic acids is 2. The molecule has 1 aliphatic carbocycles. The number of rotatable bonds is 10. The number of aliphatic hydroxyl groups excluding tert-OH is 3. The lowest BCUT2D eigenvalue weighted by Gasteiger charge is -2.26. The van der Waals surface area contributed by atoms with Crippen molar-refractivity contribution in [2.45, 2.75) is 13.3 Å². The van der Waals surface area contributed by atoms with Crippen LogP contribution in [0.4, 0.5) is 11.4 Å². The molecule has 0 atom stereocenters. The van der Waals surface area contributed by atoms with Gasteiger partial charge >= 0.3 is 0 Å². The van der Waals surface area contributed by atoms with Gasteiger partial charge in [0.2, 0.25) is 5.78 Å². The van der Waals surface area contributed by atoms with Gasteiger partial charge < -0.3 is 25.1 Å². The van der Waals surface area contributed by atoms with Gasteiger partial charge in [-0.25, -0.2) is 4.99 Å². The third kappa shape index (κ3) is 5.48. The molecule has 0 aliphatic heterocycles. The molecule has 0 saturated carbocycles. The lowest BCUT2D eigenvalue weighted by atomic mass is 9.98. The van der Waals surface area contributed by atoms with Crippen LogP contribution in [0, 0.1) is 0 Å². The van der Waals surface area contributed by atoms with E-state index in [0.29, 0.717) is 37.6 Å². The summed E-state index contributed by atoms with van der Waals surface area (Å²) >= 11 is 0. The number of anilines is 1. The number of allylic oxidation sites excluding steroid dienone is 2. The smallest absolute Gasteiger partial charge is 0.202 e. The molecular weight excluding hydrogens is 362 g/mol. The highest BCUT2D eigenvalue weighted by Crippen LogP contribution is 2.22. The second kappa shape index (κ2) is 10.7. The highest BCUT2D eigenvalue weighted by atomic mass is 16.3. The van der Waals surface area contributed by atoms with Crippen LogP contribution in [0.25, 0.3) is 0 Å². The third-order valence-electron chi connectivity index (χ3n) is 4.48. The second-order valence-corrected chi connectivity index (χ2v) is 6.31. The van der Waals surface area contributed by atoms with Crippen LogP contribution < -0.4 is 4.90 Å². The summed E-state index contributed by atoms with van der Waals surface area (Å²) in [5.41, 5.74) is 1.87. The first-order chi connectivity index (χ1) is 13.5. The monoisotopic (exact) mass is 389 g/mol. The minimum Gasteiger partial charge on any atom is -0.395 e. The minimum absolute atomic E-state index is 0.0274. The zero-order valence-corrected chi connectivity index (χ0v) is 16.0. The second-order valence-electron chi connectivity index (χ2n) is 6.31. The Morgan fingerprint density at radius 1 is 0.929 bits per heavy atom. The summed E-state index contributed by atoms with van der Waals surface area (Å²) in [4.78, 5) is 32.7. The van der Waals surface area contributed by atoms with Crippen molar-refractivity contribution < 1.29 is 24.9 Å². The van der Waals surface area contributed by atoms with Crippen molar-refractivity contribution in [3.8, 4) is 0 Å². The van der Waals surface area contributed by atoms with Crippen LogP contribution in [0.5, 0.6) is 0 Å². The molecule has 28 heavy (non-hydrogen) atoms. The van der Waals surface area contributed by atoms with E-state index in [-0.39, 0.29) is 43.5 Å². The predicted octanol–water partition coefficient (Wildman–Crippen LogP) is 0.290. The molecule has 8 nitrogen and oxygen atoms in total. The summed E-state index contributed by atoms with van der Waals surface area (Å²) in [6.45, 7) is 3.33. The van der Waals surface area contributed by atoms with E-state index in [1.165, 1.54) is 6.08 Å². The number of hydrogen-bond donors (Lipinski definition) is 3. The van der Waals surface area contributed by atoms with Crippen molar-refractivity contribution in [3.63, 3.8) is 0 Å².